The molecular formula is C27H29N3O5S. The highest BCUT2D eigenvalue weighted by molar-refractivity contribution is 7.89. The van der Waals surface area contributed by atoms with Gasteiger partial charge in [-0.2, -0.15) is 4.31 Å². The van der Waals surface area contributed by atoms with Crippen molar-refractivity contribution in [2.24, 2.45) is 0 Å². The zero-order valence-electron chi connectivity index (χ0n) is 20.8. The zero-order valence-corrected chi connectivity index (χ0v) is 21.6. The minimum atomic E-state index is -3.69. The van der Waals surface area contributed by atoms with E-state index in [1.165, 1.54) is 4.31 Å². The van der Waals surface area contributed by atoms with Gasteiger partial charge in [-0.15, -0.1) is 0 Å². The van der Waals surface area contributed by atoms with Crippen molar-refractivity contribution < 1.29 is 22.7 Å². The second-order valence-electron chi connectivity index (χ2n) is 8.98. The SMILES string of the molecule is COc1ccc(-n2c(C)cc(/C=C3\C(=O)N(C)c4ccc(S(=O)(=O)N5CCOCC5)cc43)c2C)cc1. The van der Waals surface area contributed by atoms with Gasteiger partial charge in [0.25, 0.3) is 5.91 Å². The number of rotatable bonds is 5. The van der Waals surface area contributed by atoms with Gasteiger partial charge >= 0.3 is 0 Å². The molecule has 9 heteroatoms. The van der Waals surface area contributed by atoms with Gasteiger partial charge in [0.05, 0.1) is 30.9 Å². The second-order valence-corrected chi connectivity index (χ2v) is 10.9. The van der Waals surface area contributed by atoms with Crippen LogP contribution in [0.3, 0.4) is 0 Å². The number of methoxy groups -OCH3 is 1. The molecule has 5 rings (SSSR count). The number of ether oxygens (including phenoxy) is 2. The molecule has 0 spiro atoms. The van der Waals surface area contributed by atoms with Gasteiger partial charge in [0, 0.05) is 48.3 Å². The first-order chi connectivity index (χ1) is 17.2. The van der Waals surface area contributed by atoms with Gasteiger partial charge in [-0.05, 0) is 74.0 Å². The number of fused-ring (bicyclic) bond motifs is 1. The summed E-state index contributed by atoms with van der Waals surface area (Å²) in [6, 6.07) is 14.7. The fraction of sp³-hybridized carbons (Fsp3) is 0.296. The van der Waals surface area contributed by atoms with Crippen molar-refractivity contribution in [2.75, 3.05) is 45.4 Å². The Kier molecular flexibility index (Phi) is 6.23. The van der Waals surface area contributed by atoms with Gasteiger partial charge in [-0.3, -0.25) is 4.79 Å². The van der Waals surface area contributed by atoms with Gasteiger partial charge in [-0.25, -0.2) is 8.42 Å². The summed E-state index contributed by atoms with van der Waals surface area (Å²) in [4.78, 5) is 15.0. The fourth-order valence-corrected chi connectivity index (χ4v) is 6.32. The number of benzene rings is 2. The van der Waals surface area contributed by atoms with Gasteiger partial charge in [0.2, 0.25) is 10.0 Å². The first kappa shape index (κ1) is 24.3. The van der Waals surface area contributed by atoms with Crippen molar-refractivity contribution >= 4 is 33.3 Å². The van der Waals surface area contributed by atoms with Crippen molar-refractivity contribution in [3.63, 3.8) is 0 Å². The van der Waals surface area contributed by atoms with E-state index in [9.17, 15) is 13.2 Å². The summed E-state index contributed by atoms with van der Waals surface area (Å²) in [5.41, 5.74) is 5.67. The highest BCUT2D eigenvalue weighted by atomic mass is 32.2. The van der Waals surface area contributed by atoms with E-state index in [0.717, 1.165) is 28.4 Å². The number of sulfonamides is 1. The lowest BCUT2D eigenvalue weighted by Crippen LogP contribution is -2.40. The minimum Gasteiger partial charge on any atom is -0.497 e. The largest absolute Gasteiger partial charge is 0.497 e. The third kappa shape index (κ3) is 4.03. The molecule has 36 heavy (non-hydrogen) atoms. The van der Waals surface area contributed by atoms with Crippen molar-refractivity contribution in [1.29, 1.82) is 0 Å². The molecule has 8 nitrogen and oxygen atoms in total. The van der Waals surface area contributed by atoms with E-state index in [2.05, 4.69) is 4.57 Å². The molecule has 2 aliphatic heterocycles. The Balaban J connectivity index is 1.57. The van der Waals surface area contributed by atoms with E-state index >= 15 is 0 Å². The number of amides is 1. The van der Waals surface area contributed by atoms with Crippen LogP contribution in [-0.2, 0) is 19.6 Å². The summed E-state index contributed by atoms with van der Waals surface area (Å²) in [6.07, 6.45) is 1.86. The number of likely N-dealkylation sites (N-methyl/N-ethyl adjacent to an activating group) is 1. The molecule has 0 aliphatic carbocycles. The quantitative estimate of drug-likeness (QED) is 0.493. The molecule has 0 atom stereocenters. The van der Waals surface area contributed by atoms with Crippen LogP contribution in [0.25, 0.3) is 17.3 Å². The molecule has 0 radical (unpaired) electrons. The molecule has 1 saturated heterocycles. The molecule has 2 aromatic carbocycles. The maximum Gasteiger partial charge on any atom is 0.258 e. The van der Waals surface area contributed by atoms with Crippen molar-refractivity contribution in [2.45, 2.75) is 18.7 Å². The number of hydrogen-bond donors (Lipinski definition) is 0. The van der Waals surface area contributed by atoms with Crippen molar-refractivity contribution in [3.05, 3.63) is 71.0 Å². The molecule has 0 bridgehead atoms. The average molecular weight is 508 g/mol. The summed E-state index contributed by atoms with van der Waals surface area (Å²) in [5, 5.41) is 0. The third-order valence-electron chi connectivity index (χ3n) is 6.86. The average Bonchev–Trinajstić information content (AvgIpc) is 3.31. The van der Waals surface area contributed by atoms with E-state index in [0.29, 0.717) is 43.1 Å². The van der Waals surface area contributed by atoms with Crippen LogP contribution in [0.1, 0.15) is 22.5 Å². The van der Waals surface area contributed by atoms with E-state index < -0.39 is 10.0 Å². The molecule has 1 aromatic heterocycles. The Morgan fingerprint density at radius 1 is 1.00 bits per heavy atom. The van der Waals surface area contributed by atoms with Crippen LogP contribution in [0.15, 0.2) is 53.4 Å². The Labute approximate surface area is 211 Å². The first-order valence-electron chi connectivity index (χ1n) is 11.8. The number of aromatic nitrogens is 1. The molecule has 0 saturated carbocycles. The molecule has 3 heterocycles. The fourth-order valence-electron chi connectivity index (χ4n) is 4.88. The predicted octanol–water partition coefficient (Wildman–Crippen LogP) is 3.64. The Morgan fingerprint density at radius 2 is 1.69 bits per heavy atom. The van der Waals surface area contributed by atoms with Crippen LogP contribution in [0.2, 0.25) is 0 Å². The number of morpholine rings is 1. The lowest BCUT2D eigenvalue weighted by atomic mass is 10.0. The van der Waals surface area contributed by atoms with Crippen LogP contribution in [0.5, 0.6) is 5.75 Å². The van der Waals surface area contributed by atoms with E-state index in [4.69, 9.17) is 9.47 Å². The van der Waals surface area contributed by atoms with Crippen LogP contribution in [0.4, 0.5) is 5.69 Å². The monoisotopic (exact) mass is 507 g/mol. The van der Waals surface area contributed by atoms with Crippen molar-refractivity contribution in [1.82, 2.24) is 8.87 Å². The highest BCUT2D eigenvalue weighted by Crippen LogP contribution is 2.39. The minimum absolute atomic E-state index is 0.167. The normalized spacial score (nSPS) is 17.6. The number of carbonyl (C=O) groups is 1. The zero-order chi connectivity index (χ0) is 25.6. The Hall–Kier alpha value is -3.40. The Bertz CT molecular complexity index is 1470. The number of aryl methyl sites for hydroxylation is 1. The molecule has 188 valence electrons. The second kappa shape index (κ2) is 9.24. The van der Waals surface area contributed by atoms with Crippen LogP contribution >= 0.6 is 0 Å². The molecular weight excluding hydrogens is 478 g/mol. The standard InChI is InChI=1S/C27H29N3O5S/c1-18-15-20(19(2)30(18)21-5-7-22(34-4)8-6-21)16-25-24-17-23(9-10-26(24)28(3)27(25)31)36(32,33)29-11-13-35-14-12-29/h5-10,15-17H,11-14H2,1-4H3/b25-16-. The molecule has 3 aromatic rings. The number of carbonyl (C=O) groups excluding carboxylic acids is 1. The smallest absolute Gasteiger partial charge is 0.258 e. The summed E-state index contributed by atoms with van der Waals surface area (Å²) in [6.45, 7) is 5.41. The Morgan fingerprint density at radius 3 is 2.36 bits per heavy atom. The molecule has 0 unspecified atom stereocenters. The van der Waals surface area contributed by atoms with Gasteiger partial charge < -0.3 is 18.9 Å². The highest BCUT2D eigenvalue weighted by Gasteiger charge is 2.33. The number of hydrogen-bond acceptors (Lipinski definition) is 5. The van der Waals surface area contributed by atoms with Gasteiger partial charge in [0.15, 0.2) is 0 Å². The van der Waals surface area contributed by atoms with Crippen LogP contribution in [0, 0.1) is 13.8 Å². The molecule has 0 N–H and O–H groups in total. The van der Waals surface area contributed by atoms with Crippen LogP contribution in [-0.4, -0.2) is 63.7 Å². The van der Waals surface area contributed by atoms with Gasteiger partial charge in [-0.1, -0.05) is 0 Å². The molecule has 1 fully saturated rings. The summed E-state index contributed by atoms with van der Waals surface area (Å²) in [5.74, 6) is 0.614. The number of nitrogens with zero attached hydrogens (tertiary/aromatic N) is 3. The summed E-state index contributed by atoms with van der Waals surface area (Å²) in [7, 11) is -0.343. The lowest BCUT2D eigenvalue weighted by molar-refractivity contribution is -0.112. The molecule has 1 amide bonds. The maximum atomic E-state index is 13.3. The van der Waals surface area contributed by atoms with Crippen LogP contribution < -0.4 is 9.64 Å². The first-order valence-corrected chi connectivity index (χ1v) is 13.2. The topological polar surface area (TPSA) is 81.1 Å². The number of anilines is 1. The van der Waals surface area contributed by atoms with E-state index in [1.54, 1.807) is 37.3 Å². The van der Waals surface area contributed by atoms with E-state index in [1.807, 2.05) is 50.3 Å². The maximum absolute atomic E-state index is 13.3. The third-order valence-corrected chi connectivity index (χ3v) is 8.76. The predicted molar refractivity (Wildman–Crippen MR) is 139 cm³/mol. The van der Waals surface area contributed by atoms with E-state index in [-0.39, 0.29) is 10.8 Å². The summed E-state index contributed by atoms with van der Waals surface area (Å²) < 4.78 is 40.7. The lowest BCUT2D eigenvalue weighted by Gasteiger charge is -2.26. The molecule has 2 aliphatic rings. The summed E-state index contributed by atoms with van der Waals surface area (Å²) >= 11 is 0. The van der Waals surface area contributed by atoms with Crippen molar-refractivity contribution in [3.8, 4) is 11.4 Å². The van der Waals surface area contributed by atoms with Gasteiger partial charge in [0.1, 0.15) is 5.75 Å².